The van der Waals surface area contributed by atoms with E-state index in [1.165, 1.54) is 17.0 Å². The highest BCUT2D eigenvalue weighted by molar-refractivity contribution is 7.16. The maximum atomic E-state index is 12.9. The van der Waals surface area contributed by atoms with Crippen LogP contribution in [-0.4, -0.2) is 13.2 Å². The molecule has 0 aliphatic carbocycles. The monoisotopic (exact) mass is 299 g/mol. The summed E-state index contributed by atoms with van der Waals surface area (Å²) in [6.45, 7) is 3.89. The first kappa shape index (κ1) is 14.3. The van der Waals surface area contributed by atoms with Crippen LogP contribution in [0.1, 0.15) is 10.4 Å². The largest absolute Gasteiger partial charge is 0.492 e. The molecule has 1 aromatic carbocycles. The quantitative estimate of drug-likeness (QED) is 0.814. The van der Waals surface area contributed by atoms with Crippen molar-refractivity contribution in [1.82, 2.24) is 5.32 Å². The third-order valence-electron chi connectivity index (χ3n) is 2.60. The van der Waals surface area contributed by atoms with E-state index >= 15 is 0 Å². The number of ether oxygens (including phenoxy) is 1. The van der Waals surface area contributed by atoms with Gasteiger partial charge in [-0.1, -0.05) is 11.6 Å². The summed E-state index contributed by atoms with van der Waals surface area (Å²) < 4.78 is 19.3. The van der Waals surface area contributed by atoms with Gasteiger partial charge in [-0.2, -0.15) is 0 Å². The predicted molar refractivity (Wildman–Crippen MR) is 77.7 cm³/mol. The number of rotatable bonds is 6. The molecule has 0 saturated heterocycles. The van der Waals surface area contributed by atoms with E-state index in [2.05, 4.69) is 5.32 Å². The van der Waals surface area contributed by atoms with E-state index in [1.54, 1.807) is 17.4 Å². The molecule has 0 radical (unpaired) electrons. The Kier molecular flexibility index (Phi) is 5.19. The first-order chi connectivity index (χ1) is 9.15. The summed E-state index contributed by atoms with van der Waals surface area (Å²) in [5, 5.41) is 3.27. The SMILES string of the molecule is Cc1cc(F)ccc1OCCNCc1ccc(Cl)s1. The molecule has 2 aromatic rings. The molecule has 1 N–H and O–H groups in total. The molecule has 0 aliphatic heterocycles. The highest BCUT2D eigenvalue weighted by Crippen LogP contribution is 2.21. The van der Waals surface area contributed by atoms with Crippen LogP contribution in [0, 0.1) is 12.7 Å². The van der Waals surface area contributed by atoms with Crippen molar-refractivity contribution in [3.8, 4) is 5.75 Å². The van der Waals surface area contributed by atoms with E-state index in [9.17, 15) is 4.39 Å². The number of thiophene rings is 1. The van der Waals surface area contributed by atoms with Gasteiger partial charge in [0.25, 0.3) is 0 Å². The Labute approximate surface area is 121 Å². The molecular formula is C14H15ClFNOS. The van der Waals surface area contributed by atoms with Gasteiger partial charge in [0.05, 0.1) is 4.34 Å². The van der Waals surface area contributed by atoms with Crippen LogP contribution in [0.3, 0.4) is 0 Å². The standard InChI is InChI=1S/C14H15ClFNOS/c1-10-8-11(16)2-4-13(10)18-7-6-17-9-12-3-5-14(15)19-12/h2-5,8,17H,6-7,9H2,1H3. The van der Waals surface area contributed by atoms with Gasteiger partial charge in [-0.3, -0.25) is 0 Å². The van der Waals surface area contributed by atoms with Crippen molar-refractivity contribution in [2.45, 2.75) is 13.5 Å². The molecule has 0 atom stereocenters. The second-order valence-corrected chi connectivity index (χ2v) is 5.94. The molecule has 2 nitrogen and oxygen atoms in total. The van der Waals surface area contributed by atoms with Gasteiger partial charge >= 0.3 is 0 Å². The second kappa shape index (κ2) is 6.89. The van der Waals surface area contributed by atoms with E-state index in [1.807, 2.05) is 19.1 Å². The molecule has 1 aromatic heterocycles. The number of aryl methyl sites for hydroxylation is 1. The second-order valence-electron chi connectivity index (χ2n) is 4.14. The first-order valence-corrected chi connectivity index (χ1v) is 7.18. The van der Waals surface area contributed by atoms with Crippen LogP contribution in [-0.2, 0) is 6.54 Å². The van der Waals surface area contributed by atoms with Gasteiger partial charge in [-0.05, 0) is 42.8 Å². The molecule has 1 heterocycles. The Morgan fingerprint density at radius 3 is 2.84 bits per heavy atom. The zero-order chi connectivity index (χ0) is 13.7. The molecule has 2 rings (SSSR count). The molecule has 0 saturated carbocycles. The van der Waals surface area contributed by atoms with Crippen molar-refractivity contribution in [2.24, 2.45) is 0 Å². The molecule has 0 spiro atoms. The summed E-state index contributed by atoms with van der Waals surface area (Å²) in [6, 6.07) is 8.43. The molecule has 0 amide bonds. The Balaban J connectivity index is 1.69. The normalized spacial score (nSPS) is 10.7. The number of benzene rings is 1. The molecule has 0 aliphatic rings. The molecule has 5 heteroatoms. The molecule has 0 unspecified atom stereocenters. The van der Waals surface area contributed by atoms with E-state index in [0.717, 1.165) is 28.7 Å². The average Bonchev–Trinajstić information content (AvgIpc) is 2.77. The fourth-order valence-electron chi connectivity index (χ4n) is 1.67. The van der Waals surface area contributed by atoms with Crippen LogP contribution in [0.25, 0.3) is 0 Å². The Morgan fingerprint density at radius 1 is 1.32 bits per heavy atom. The summed E-state index contributed by atoms with van der Waals surface area (Å²) in [5.74, 6) is 0.486. The highest BCUT2D eigenvalue weighted by atomic mass is 35.5. The van der Waals surface area contributed by atoms with E-state index in [-0.39, 0.29) is 5.82 Å². The summed E-state index contributed by atoms with van der Waals surface area (Å²) >= 11 is 7.41. The van der Waals surface area contributed by atoms with E-state index in [0.29, 0.717) is 6.61 Å². The summed E-state index contributed by atoms with van der Waals surface area (Å²) in [5.41, 5.74) is 0.810. The van der Waals surface area contributed by atoms with Crippen molar-refractivity contribution < 1.29 is 9.13 Å². The average molecular weight is 300 g/mol. The number of halogens is 2. The zero-order valence-corrected chi connectivity index (χ0v) is 12.2. The first-order valence-electron chi connectivity index (χ1n) is 5.99. The maximum absolute atomic E-state index is 12.9. The summed E-state index contributed by atoms with van der Waals surface area (Å²) in [7, 11) is 0. The van der Waals surface area contributed by atoms with Crippen molar-refractivity contribution in [3.63, 3.8) is 0 Å². The Hall–Kier alpha value is -1.10. The number of hydrogen-bond donors (Lipinski definition) is 1. The lowest BCUT2D eigenvalue weighted by atomic mass is 10.2. The lowest BCUT2D eigenvalue weighted by Gasteiger charge is -2.09. The van der Waals surface area contributed by atoms with Crippen LogP contribution >= 0.6 is 22.9 Å². The maximum Gasteiger partial charge on any atom is 0.123 e. The third kappa shape index (κ3) is 4.49. The van der Waals surface area contributed by atoms with Crippen LogP contribution in [0.5, 0.6) is 5.75 Å². The van der Waals surface area contributed by atoms with Crippen LogP contribution in [0.2, 0.25) is 4.34 Å². The molecule has 102 valence electrons. The zero-order valence-electron chi connectivity index (χ0n) is 10.6. The Morgan fingerprint density at radius 2 is 2.16 bits per heavy atom. The van der Waals surface area contributed by atoms with Crippen LogP contribution in [0.15, 0.2) is 30.3 Å². The van der Waals surface area contributed by atoms with E-state index < -0.39 is 0 Å². The summed E-state index contributed by atoms with van der Waals surface area (Å²) in [4.78, 5) is 1.20. The molecular weight excluding hydrogens is 285 g/mol. The molecule has 0 fully saturated rings. The molecule has 0 bridgehead atoms. The Bertz CT molecular complexity index is 544. The van der Waals surface area contributed by atoms with Gasteiger partial charge in [-0.15, -0.1) is 11.3 Å². The molecule has 19 heavy (non-hydrogen) atoms. The topological polar surface area (TPSA) is 21.3 Å². The minimum absolute atomic E-state index is 0.238. The lowest BCUT2D eigenvalue weighted by molar-refractivity contribution is 0.311. The van der Waals surface area contributed by atoms with Gasteiger partial charge < -0.3 is 10.1 Å². The minimum Gasteiger partial charge on any atom is -0.492 e. The van der Waals surface area contributed by atoms with E-state index in [4.69, 9.17) is 16.3 Å². The minimum atomic E-state index is -0.238. The van der Waals surface area contributed by atoms with Gasteiger partial charge in [-0.25, -0.2) is 4.39 Å². The van der Waals surface area contributed by atoms with Crippen LogP contribution < -0.4 is 10.1 Å². The van der Waals surface area contributed by atoms with Crippen molar-refractivity contribution in [1.29, 1.82) is 0 Å². The van der Waals surface area contributed by atoms with Crippen molar-refractivity contribution >= 4 is 22.9 Å². The predicted octanol–water partition coefficient (Wildman–Crippen LogP) is 4.02. The number of hydrogen-bond acceptors (Lipinski definition) is 3. The van der Waals surface area contributed by atoms with Crippen molar-refractivity contribution in [3.05, 3.63) is 50.9 Å². The fraction of sp³-hybridized carbons (Fsp3) is 0.286. The number of nitrogens with one attached hydrogen (secondary N) is 1. The smallest absolute Gasteiger partial charge is 0.123 e. The highest BCUT2D eigenvalue weighted by Gasteiger charge is 2.01. The van der Waals surface area contributed by atoms with Crippen LogP contribution in [0.4, 0.5) is 4.39 Å². The van der Waals surface area contributed by atoms with Gasteiger partial charge in [0, 0.05) is 18.0 Å². The summed E-state index contributed by atoms with van der Waals surface area (Å²) in [6.07, 6.45) is 0. The third-order valence-corrected chi connectivity index (χ3v) is 3.83. The van der Waals surface area contributed by atoms with Gasteiger partial charge in [0.2, 0.25) is 0 Å². The fourth-order valence-corrected chi connectivity index (χ4v) is 2.72. The van der Waals surface area contributed by atoms with Gasteiger partial charge in [0.1, 0.15) is 18.2 Å². The van der Waals surface area contributed by atoms with Crippen molar-refractivity contribution in [2.75, 3.05) is 13.2 Å². The van der Waals surface area contributed by atoms with Gasteiger partial charge in [0.15, 0.2) is 0 Å². The lowest BCUT2D eigenvalue weighted by Crippen LogP contribution is -2.20.